The van der Waals surface area contributed by atoms with Gasteiger partial charge in [-0.3, -0.25) is 0 Å². The Labute approximate surface area is 128 Å². The molecule has 0 aliphatic carbocycles. The molecular formula is C14H18N2O3S2. The highest BCUT2D eigenvalue weighted by atomic mass is 32.2. The quantitative estimate of drug-likeness (QED) is 0.869. The fourth-order valence-electron chi connectivity index (χ4n) is 2.59. The van der Waals surface area contributed by atoms with Gasteiger partial charge in [-0.15, -0.1) is 11.3 Å². The number of sulfonamides is 1. The van der Waals surface area contributed by atoms with Crippen molar-refractivity contribution in [3.63, 3.8) is 0 Å². The van der Waals surface area contributed by atoms with Gasteiger partial charge < -0.3 is 4.74 Å². The smallest absolute Gasteiger partial charge is 0.243 e. The number of nitrogens with zero attached hydrogens (tertiary/aromatic N) is 2. The summed E-state index contributed by atoms with van der Waals surface area (Å²) < 4.78 is 33.9. The van der Waals surface area contributed by atoms with E-state index in [1.54, 1.807) is 28.0 Å². The summed E-state index contributed by atoms with van der Waals surface area (Å²) in [5.74, 6) is 0. The third-order valence-corrected chi connectivity index (χ3v) is 6.95. The second-order valence-electron chi connectivity index (χ2n) is 5.46. The van der Waals surface area contributed by atoms with Crippen LogP contribution in [0.2, 0.25) is 0 Å². The van der Waals surface area contributed by atoms with E-state index in [0.29, 0.717) is 24.7 Å². The summed E-state index contributed by atoms with van der Waals surface area (Å²) in [5, 5.41) is 0. The maximum absolute atomic E-state index is 13.0. The molecular weight excluding hydrogens is 308 g/mol. The monoisotopic (exact) mass is 326 g/mol. The molecule has 0 saturated carbocycles. The standard InChI is InChI=1S/C14H18N2O3S2/c1-3-14(2)9-19-7-6-16(14)21(17,18)11-4-5-12-13(8-11)20-10-15-12/h4-5,8,10H,3,6-7,9H2,1-2H3. The highest BCUT2D eigenvalue weighted by Gasteiger charge is 2.41. The maximum atomic E-state index is 13.0. The van der Waals surface area contributed by atoms with E-state index in [-0.39, 0.29) is 0 Å². The van der Waals surface area contributed by atoms with Crippen LogP contribution in [0.4, 0.5) is 0 Å². The van der Waals surface area contributed by atoms with Crippen LogP contribution in [0.25, 0.3) is 10.2 Å². The minimum Gasteiger partial charge on any atom is -0.378 e. The molecule has 1 fully saturated rings. The Balaban J connectivity index is 2.05. The van der Waals surface area contributed by atoms with Crippen LogP contribution in [0.1, 0.15) is 20.3 Å². The third-order valence-electron chi connectivity index (χ3n) is 4.11. The van der Waals surface area contributed by atoms with Gasteiger partial charge in [0, 0.05) is 6.54 Å². The fourth-order valence-corrected chi connectivity index (χ4v) is 5.22. The van der Waals surface area contributed by atoms with Crippen molar-refractivity contribution in [1.82, 2.24) is 9.29 Å². The lowest BCUT2D eigenvalue weighted by Gasteiger charge is -2.42. The molecule has 5 nitrogen and oxygen atoms in total. The van der Waals surface area contributed by atoms with Gasteiger partial charge in [0.25, 0.3) is 0 Å². The van der Waals surface area contributed by atoms with Crippen LogP contribution in [0.5, 0.6) is 0 Å². The molecule has 0 bridgehead atoms. The molecule has 1 unspecified atom stereocenters. The van der Waals surface area contributed by atoms with E-state index in [1.165, 1.54) is 11.3 Å². The van der Waals surface area contributed by atoms with E-state index >= 15 is 0 Å². The van der Waals surface area contributed by atoms with Gasteiger partial charge in [0.1, 0.15) is 0 Å². The van der Waals surface area contributed by atoms with Gasteiger partial charge in [-0.05, 0) is 31.5 Å². The molecule has 1 aromatic carbocycles. The molecule has 1 aliphatic heterocycles. The third kappa shape index (κ3) is 2.48. The molecule has 0 N–H and O–H groups in total. The highest BCUT2D eigenvalue weighted by Crippen LogP contribution is 2.31. The van der Waals surface area contributed by atoms with Gasteiger partial charge in [0.15, 0.2) is 0 Å². The number of morpholine rings is 1. The molecule has 3 rings (SSSR count). The summed E-state index contributed by atoms with van der Waals surface area (Å²) >= 11 is 1.45. The maximum Gasteiger partial charge on any atom is 0.243 e. The second-order valence-corrected chi connectivity index (χ2v) is 8.21. The molecule has 2 aromatic rings. The first-order valence-electron chi connectivity index (χ1n) is 6.91. The van der Waals surface area contributed by atoms with E-state index in [0.717, 1.165) is 16.6 Å². The van der Waals surface area contributed by atoms with Crippen molar-refractivity contribution < 1.29 is 13.2 Å². The van der Waals surface area contributed by atoms with Gasteiger partial charge >= 0.3 is 0 Å². The van der Waals surface area contributed by atoms with E-state index in [9.17, 15) is 8.42 Å². The average Bonchev–Trinajstić information content (AvgIpc) is 2.95. The number of aromatic nitrogens is 1. The van der Waals surface area contributed by atoms with Crippen LogP contribution in [-0.2, 0) is 14.8 Å². The van der Waals surface area contributed by atoms with Crippen LogP contribution < -0.4 is 0 Å². The predicted molar refractivity (Wildman–Crippen MR) is 83.0 cm³/mol. The number of benzene rings is 1. The molecule has 7 heteroatoms. The minimum absolute atomic E-state index is 0.334. The predicted octanol–water partition coefficient (Wildman–Crippen LogP) is 2.49. The summed E-state index contributed by atoms with van der Waals surface area (Å²) in [4.78, 5) is 4.52. The lowest BCUT2D eigenvalue weighted by atomic mass is 9.99. The molecule has 1 aromatic heterocycles. The Bertz CT molecular complexity index is 756. The largest absolute Gasteiger partial charge is 0.378 e. The van der Waals surface area contributed by atoms with Crippen molar-refractivity contribution in [2.75, 3.05) is 19.8 Å². The van der Waals surface area contributed by atoms with Crippen LogP contribution in [0.3, 0.4) is 0 Å². The first kappa shape index (κ1) is 14.9. The number of ether oxygens (including phenoxy) is 1. The zero-order chi connectivity index (χ0) is 15.1. The Morgan fingerprint density at radius 2 is 2.29 bits per heavy atom. The Kier molecular flexibility index (Phi) is 3.77. The zero-order valence-corrected chi connectivity index (χ0v) is 13.7. The van der Waals surface area contributed by atoms with Crippen molar-refractivity contribution in [3.05, 3.63) is 23.7 Å². The van der Waals surface area contributed by atoms with Gasteiger partial charge in [0.05, 0.1) is 39.4 Å². The summed E-state index contributed by atoms with van der Waals surface area (Å²) in [5.41, 5.74) is 2.07. The van der Waals surface area contributed by atoms with Crippen LogP contribution in [0, 0.1) is 0 Å². The lowest BCUT2D eigenvalue weighted by Crippen LogP contribution is -2.56. The molecule has 1 saturated heterocycles. The minimum atomic E-state index is -3.52. The lowest BCUT2D eigenvalue weighted by molar-refractivity contribution is -0.0186. The van der Waals surface area contributed by atoms with Gasteiger partial charge in [-0.25, -0.2) is 13.4 Å². The molecule has 21 heavy (non-hydrogen) atoms. The summed E-state index contributed by atoms with van der Waals surface area (Å²) in [7, 11) is -3.52. The van der Waals surface area contributed by atoms with Crippen molar-refractivity contribution in [2.24, 2.45) is 0 Å². The number of hydrogen-bond donors (Lipinski definition) is 0. The van der Waals surface area contributed by atoms with E-state index in [2.05, 4.69) is 4.98 Å². The van der Waals surface area contributed by atoms with Gasteiger partial charge in [0.2, 0.25) is 10.0 Å². The normalized spacial score (nSPS) is 24.5. The van der Waals surface area contributed by atoms with Crippen molar-refractivity contribution in [1.29, 1.82) is 0 Å². The second kappa shape index (κ2) is 5.31. The Morgan fingerprint density at radius 3 is 3.05 bits per heavy atom. The fraction of sp³-hybridized carbons (Fsp3) is 0.500. The summed E-state index contributed by atoms with van der Waals surface area (Å²) in [6, 6.07) is 5.12. The molecule has 0 radical (unpaired) electrons. The topological polar surface area (TPSA) is 59.5 Å². The molecule has 114 valence electrons. The molecule has 1 aliphatic rings. The zero-order valence-electron chi connectivity index (χ0n) is 12.1. The van der Waals surface area contributed by atoms with E-state index < -0.39 is 15.6 Å². The van der Waals surface area contributed by atoms with Crippen LogP contribution >= 0.6 is 11.3 Å². The van der Waals surface area contributed by atoms with Crippen molar-refractivity contribution >= 4 is 31.6 Å². The average molecular weight is 326 g/mol. The van der Waals surface area contributed by atoms with Gasteiger partial charge in [-0.1, -0.05) is 6.92 Å². The molecule has 0 amide bonds. The van der Waals surface area contributed by atoms with Crippen molar-refractivity contribution in [3.8, 4) is 0 Å². The summed E-state index contributed by atoms with van der Waals surface area (Å²) in [6.45, 7) is 5.20. The molecule has 1 atom stereocenters. The number of fused-ring (bicyclic) bond motifs is 1. The molecule has 0 spiro atoms. The SMILES string of the molecule is CCC1(C)COCCN1S(=O)(=O)c1ccc2ncsc2c1. The van der Waals surface area contributed by atoms with Gasteiger partial charge in [-0.2, -0.15) is 4.31 Å². The summed E-state index contributed by atoms with van der Waals surface area (Å²) in [6.07, 6.45) is 0.717. The van der Waals surface area contributed by atoms with Crippen LogP contribution in [0.15, 0.2) is 28.6 Å². The Hall–Kier alpha value is -1.02. The van der Waals surface area contributed by atoms with E-state index in [4.69, 9.17) is 4.74 Å². The highest BCUT2D eigenvalue weighted by molar-refractivity contribution is 7.89. The first-order valence-corrected chi connectivity index (χ1v) is 9.23. The first-order chi connectivity index (χ1) is 9.97. The molecule has 2 heterocycles. The number of rotatable bonds is 3. The van der Waals surface area contributed by atoms with Crippen molar-refractivity contribution in [2.45, 2.75) is 30.7 Å². The number of hydrogen-bond acceptors (Lipinski definition) is 5. The Morgan fingerprint density at radius 1 is 1.48 bits per heavy atom. The number of thiazole rings is 1. The van der Waals surface area contributed by atoms with Crippen LogP contribution in [-0.4, -0.2) is 43.0 Å². The van der Waals surface area contributed by atoms with E-state index in [1.807, 2.05) is 13.8 Å².